The smallest absolute Gasteiger partial charge is 0.126 e. The fourth-order valence-electron chi connectivity index (χ4n) is 1.14. The summed E-state index contributed by atoms with van der Waals surface area (Å²) in [5.74, 6) is -0.293. The summed E-state index contributed by atoms with van der Waals surface area (Å²) >= 11 is 0. The van der Waals surface area contributed by atoms with Gasteiger partial charge < -0.3 is 9.84 Å². The molecule has 78 valence electrons. The highest BCUT2D eigenvalue weighted by atomic mass is 19.1. The third-order valence-corrected chi connectivity index (χ3v) is 2.06. The van der Waals surface area contributed by atoms with E-state index in [1.165, 1.54) is 6.07 Å². The van der Waals surface area contributed by atoms with E-state index in [0.717, 1.165) is 0 Å². The Morgan fingerprint density at radius 3 is 2.79 bits per heavy atom. The molecule has 0 aliphatic rings. The summed E-state index contributed by atoms with van der Waals surface area (Å²) in [6.07, 6.45) is -0.745. The molecule has 2 nitrogen and oxygen atoms in total. The maximum atomic E-state index is 13.1. The second-order valence-electron chi connectivity index (χ2n) is 3.18. The highest BCUT2D eigenvalue weighted by molar-refractivity contribution is 5.24. The Labute approximate surface area is 83.3 Å². The molecule has 1 rings (SSSR count). The van der Waals surface area contributed by atoms with Gasteiger partial charge in [-0.15, -0.1) is 0 Å². The lowest BCUT2D eigenvalue weighted by molar-refractivity contribution is 0.0419. The van der Waals surface area contributed by atoms with E-state index >= 15 is 0 Å². The van der Waals surface area contributed by atoms with Crippen LogP contribution in [0, 0.1) is 12.7 Å². The van der Waals surface area contributed by atoms with Crippen LogP contribution in [0.15, 0.2) is 18.2 Å². The summed E-state index contributed by atoms with van der Waals surface area (Å²) in [5, 5.41) is 9.58. The van der Waals surface area contributed by atoms with Crippen LogP contribution in [-0.2, 0) is 4.74 Å². The Bertz CT molecular complexity index is 299. The fourth-order valence-corrected chi connectivity index (χ4v) is 1.14. The minimum Gasteiger partial charge on any atom is -0.386 e. The third kappa shape index (κ3) is 2.79. The van der Waals surface area contributed by atoms with Gasteiger partial charge in [-0.2, -0.15) is 0 Å². The number of hydrogen-bond acceptors (Lipinski definition) is 2. The van der Waals surface area contributed by atoms with Crippen molar-refractivity contribution in [1.82, 2.24) is 0 Å². The van der Waals surface area contributed by atoms with E-state index in [0.29, 0.717) is 17.7 Å². The van der Waals surface area contributed by atoms with Gasteiger partial charge in [-0.25, -0.2) is 4.39 Å². The molecule has 0 heterocycles. The monoisotopic (exact) mass is 198 g/mol. The molecule has 1 unspecified atom stereocenters. The van der Waals surface area contributed by atoms with Crippen LogP contribution in [-0.4, -0.2) is 18.3 Å². The normalized spacial score (nSPS) is 12.9. The summed E-state index contributed by atoms with van der Waals surface area (Å²) in [6.45, 7) is 4.29. The highest BCUT2D eigenvalue weighted by Crippen LogP contribution is 2.16. The number of aliphatic hydroxyl groups is 1. The van der Waals surface area contributed by atoms with E-state index in [-0.39, 0.29) is 12.4 Å². The Kier molecular flexibility index (Phi) is 4.04. The zero-order chi connectivity index (χ0) is 10.6. The molecule has 1 aromatic carbocycles. The first-order chi connectivity index (χ1) is 6.65. The minimum atomic E-state index is -0.745. The van der Waals surface area contributed by atoms with Gasteiger partial charge in [0, 0.05) is 6.61 Å². The van der Waals surface area contributed by atoms with Crippen LogP contribution in [0.1, 0.15) is 24.2 Å². The Morgan fingerprint density at radius 1 is 1.50 bits per heavy atom. The van der Waals surface area contributed by atoms with E-state index < -0.39 is 6.10 Å². The van der Waals surface area contributed by atoms with E-state index in [1.54, 1.807) is 19.1 Å². The summed E-state index contributed by atoms with van der Waals surface area (Å²) < 4.78 is 18.2. The molecule has 3 heteroatoms. The van der Waals surface area contributed by atoms with Crippen molar-refractivity contribution in [2.24, 2.45) is 0 Å². The number of ether oxygens (including phenoxy) is 1. The van der Waals surface area contributed by atoms with Crippen molar-refractivity contribution in [3.8, 4) is 0 Å². The summed E-state index contributed by atoms with van der Waals surface area (Å²) in [4.78, 5) is 0. The predicted molar refractivity (Wildman–Crippen MR) is 52.6 cm³/mol. The zero-order valence-electron chi connectivity index (χ0n) is 8.46. The predicted octanol–water partition coefficient (Wildman–Crippen LogP) is 2.20. The standard InChI is InChI=1S/C11H15FO2/c1-3-14-7-11(13)9-5-4-8(2)10(12)6-9/h4-6,11,13H,3,7H2,1-2H3. The number of hydrogen-bond donors (Lipinski definition) is 1. The van der Waals surface area contributed by atoms with Gasteiger partial charge in [-0.1, -0.05) is 12.1 Å². The van der Waals surface area contributed by atoms with Gasteiger partial charge >= 0.3 is 0 Å². The molecule has 0 spiro atoms. The van der Waals surface area contributed by atoms with Crippen LogP contribution in [0.3, 0.4) is 0 Å². The molecule has 0 radical (unpaired) electrons. The maximum Gasteiger partial charge on any atom is 0.126 e. The molecule has 0 amide bonds. The molecular weight excluding hydrogens is 183 g/mol. The SMILES string of the molecule is CCOCC(O)c1ccc(C)c(F)c1. The van der Waals surface area contributed by atoms with Gasteiger partial charge in [0.05, 0.1) is 6.61 Å². The Morgan fingerprint density at radius 2 is 2.21 bits per heavy atom. The number of rotatable bonds is 4. The summed E-state index contributed by atoms with van der Waals surface area (Å²) in [7, 11) is 0. The third-order valence-electron chi connectivity index (χ3n) is 2.06. The maximum absolute atomic E-state index is 13.1. The van der Waals surface area contributed by atoms with Crippen molar-refractivity contribution < 1.29 is 14.2 Å². The lowest BCUT2D eigenvalue weighted by Gasteiger charge is -2.11. The first-order valence-electron chi connectivity index (χ1n) is 4.67. The molecule has 1 aromatic rings. The first kappa shape index (κ1) is 11.1. The molecule has 0 saturated heterocycles. The largest absolute Gasteiger partial charge is 0.386 e. The zero-order valence-corrected chi connectivity index (χ0v) is 8.46. The van der Waals surface area contributed by atoms with Crippen LogP contribution in [0.4, 0.5) is 4.39 Å². The Hall–Kier alpha value is -0.930. The van der Waals surface area contributed by atoms with Crippen molar-refractivity contribution in [2.45, 2.75) is 20.0 Å². The average molecular weight is 198 g/mol. The van der Waals surface area contributed by atoms with Crippen molar-refractivity contribution in [1.29, 1.82) is 0 Å². The van der Waals surface area contributed by atoms with Gasteiger partial charge in [0.1, 0.15) is 11.9 Å². The van der Waals surface area contributed by atoms with Crippen molar-refractivity contribution in [3.63, 3.8) is 0 Å². The molecule has 0 bridgehead atoms. The second kappa shape index (κ2) is 5.08. The fraction of sp³-hybridized carbons (Fsp3) is 0.455. The molecule has 0 aliphatic carbocycles. The van der Waals surface area contributed by atoms with Gasteiger partial charge in [0.25, 0.3) is 0 Å². The molecular formula is C11H15FO2. The van der Waals surface area contributed by atoms with Crippen LogP contribution in [0.2, 0.25) is 0 Å². The van der Waals surface area contributed by atoms with E-state index in [1.807, 2.05) is 6.92 Å². The number of aryl methyl sites for hydroxylation is 1. The minimum absolute atomic E-state index is 0.207. The second-order valence-corrected chi connectivity index (χ2v) is 3.18. The molecule has 0 aromatic heterocycles. The number of halogens is 1. The van der Waals surface area contributed by atoms with Crippen LogP contribution in [0.5, 0.6) is 0 Å². The molecule has 14 heavy (non-hydrogen) atoms. The number of benzene rings is 1. The summed E-state index contributed by atoms with van der Waals surface area (Å²) in [6, 6.07) is 4.71. The van der Waals surface area contributed by atoms with Crippen LogP contribution < -0.4 is 0 Å². The van der Waals surface area contributed by atoms with E-state index in [9.17, 15) is 9.50 Å². The molecule has 0 fully saturated rings. The van der Waals surface area contributed by atoms with E-state index in [4.69, 9.17) is 4.74 Å². The quantitative estimate of drug-likeness (QED) is 0.803. The highest BCUT2D eigenvalue weighted by Gasteiger charge is 2.08. The van der Waals surface area contributed by atoms with Gasteiger partial charge in [-0.05, 0) is 31.0 Å². The van der Waals surface area contributed by atoms with Crippen molar-refractivity contribution in [2.75, 3.05) is 13.2 Å². The number of aliphatic hydroxyl groups excluding tert-OH is 1. The van der Waals surface area contributed by atoms with Crippen LogP contribution in [0.25, 0.3) is 0 Å². The molecule has 0 aliphatic heterocycles. The van der Waals surface area contributed by atoms with Crippen molar-refractivity contribution in [3.05, 3.63) is 35.1 Å². The van der Waals surface area contributed by atoms with Gasteiger partial charge in [-0.3, -0.25) is 0 Å². The average Bonchev–Trinajstić information content (AvgIpc) is 2.18. The molecule has 0 saturated carbocycles. The summed E-state index contributed by atoms with van der Waals surface area (Å²) in [5.41, 5.74) is 1.14. The lowest BCUT2D eigenvalue weighted by Crippen LogP contribution is -2.07. The molecule has 1 N–H and O–H groups in total. The molecule has 1 atom stereocenters. The van der Waals surface area contributed by atoms with Gasteiger partial charge in [0.2, 0.25) is 0 Å². The first-order valence-corrected chi connectivity index (χ1v) is 4.67. The van der Waals surface area contributed by atoms with Crippen LogP contribution >= 0.6 is 0 Å². The topological polar surface area (TPSA) is 29.5 Å². The van der Waals surface area contributed by atoms with Gasteiger partial charge in [0.15, 0.2) is 0 Å². The van der Waals surface area contributed by atoms with E-state index in [2.05, 4.69) is 0 Å². The van der Waals surface area contributed by atoms with Crippen molar-refractivity contribution >= 4 is 0 Å². The lowest BCUT2D eigenvalue weighted by atomic mass is 10.1. The Balaban J connectivity index is 2.70.